The Kier molecular flexibility index (Phi) is 13.5. The molecule has 1 aromatic rings. The van der Waals surface area contributed by atoms with Crippen molar-refractivity contribution in [1.29, 1.82) is 0 Å². The summed E-state index contributed by atoms with van der Waals surface area (Å²) in [6.07, 6.45) is 5.33. The standard InChI is InChI=1S/C22H36N2O5/c1-24(2)18-19(17-22(26)27)23-21(25)13-9-4-3-5-10-14-28-15-16-29-20-11-7-6-8-12-20/h6-8,11-12,19H,3-5,9-10,13-18H2,1-2H3,(H,23,25)(H,26,27). The maximum atomic E-state index is 12.0. The minimum absolute atomic E-state index is 0.0552. The lowest BCUT2D eigenvalue weighted by atomic mass is 10.1. The van der Waals surface area contributed by atoms with Crippen molar-refractivity contribution >= 4 is 11.9 Å². The molecule has 0 fully saturated rings. The normalized spacial score (nSPS) is 12.0. The van der Waals surface area contributed by atoms with Gasteiger partial charge in [-0.2, -0.15) is 0 Å². The van der Waals surface area contributed by atoms with Gasteiger partial charge in [0.25, 0.3) is 0 Å². The fourth-order valence-corrected chi connectivity index (χ4v) is 2.97. The molecule has 1 amide bonds. The van der Waals surface area contributed by atoms with Crippen molar-refractivity contribution in [2.75, 3.05) is 40.5 Å². The Morgan fingerprint density at radius 1 is 1.00 bits per heavy atom. The molecule has 0 radical (unpaired) electrons. The van der Waals surface area contributed by atoms with E-state index in [4.69, 9.17) is 14.6 Å². The highest BCUT2D eigenvalue weighted by atomic mass is 16.5. The molecule has 1 unspecified atom stereocenters. The number of aliphatic carboxylic acids is 1. The molecule has 0 spiro atoms. The van der Waals surface area contributed by atoms with Gasteiger partial charge in [-0.3, -0.25) is 9.59 Å². The van der Waals surface area contributed by atoms with Gasteiger partial charge in [-0.05, 0) is 39.1 Å². The van der Waals surface area contributed by atoms with Crippen molar-refractivity contribution in [1.82, 2.24) is 10.2 Å². The molecular weight excluding hydrogens is 372 g/mol. The van der Waals surface area contributed by atoms with Crippen molar-refractivity contribution in [3.63, 3.8) is 0 Å². The van der Waals surface area contributed by atoms with E-state index >= 15 is 0 Å². The van der Waals surface area contributed by atoms with Gasteiger partial charge in [0.1, 0.15) is 12.4 Å². The van der Waals surface area contributed by atoms with Crippen LogP contribution in [0.1, 0.15) is 44.9 Å². The first-order chi connectivity index (χ1) is 14.0. The minimum Gasteiger partial charge on any atom is -0.491 e. The van der Waals surface area contributed by atoms with E-state index in [0.29, 0.717) is 26.2 Å². The molecule has 7 nitrogen and oxygen atoms in total. The van der Waals surface area contributed by atoms with E-state index in [9.17, 15) is 9.59 Å². The summed E-state index contributed by atoms with van der Waals surface area (Å²) in [7, 11) is 3.72. The molecule has 0 saturated carbocycles. The number of likely N-dealkylation sites (N-methyl/N-ethyl adjacent to an activating group) is 1. The largest absolute Gasteiger partial charge is 0.491 e. The van der Waals surface area contributed by atoms with Crippen molar-refractivity contribution in [2.24, 2.45) is 0 Å². The summed E-state index contributed by atoms with van der Waals surface area (Å²) < 4.78 is 11.1. The SMILES string of the molecule is CN(C)CC(CC(=O)O)NC(=O)CCCCCCCOCCOc1ccccc1. The highest BCUT2D eigenvalue weighted by molar-refractivity contribution is 5.77. The Labute approximate surface area is 174 Å². The van der Waals surface area contributed by atoms with Crippen LogP contribution in [0.3, 0.4) is 0 Å². The van der Waals surface area contributed by atoms with Crippen LogP contribution < -0.4 is 10.1 Å². The maximum Gasteiger partial charge on any atom is 0.305 e. The Morgan fingerprint density at radius 3 is 2.38 bits per heavy atom. The van der Waals surface area contributed by atoms with E-state index in [0.717, 1.165) is 44.5 Å². The second-order valence-electron chi connectivity index (χ2n) is 7.42. The van der Waals surface area contributed by atoms with E-state index in [-0.39, 0.29) is 18.4 Å². The van der Waals surface area contributed by atoms with Crippen LogP contribution in [0.15, 0.2) is 30.3 Å². The molecule has 1 rings (SSSR count). The average molecular weight is 409 g/mol. The van der Waals surface area contributed by atoms with Crippen molar-refractivity contribution in [3.8, 4) is 5.75 Å². The lowest BCUT2D eigenvalue weighted by Crippen LogP contribution is -2.42. The molecule has 7 heteroatoms. The topological polar surface area (TPSA) is 88.1 Å². The number of para-hydroxylation sites is 1. The number of amides is 1. The van der Waals surface area contributed by atoms with Gasteiger partial charge in [0.05, 0.1) is 19.1 Å². The monoisotopic (exact) mass is 408 g/mol. The lowest BCUT2D eigenvalue weighted by molar-refractivity contribution is -0.137. The fraction of sp³-hybridized carbons (Fsp3) is 0.636. The third-order valence-electron chi connectivity index (χ3n) is 4.30. The molecule has 0 aromatic heterocycles. The second kappa shape index (κ2) is 15.8. The molecule has 0 saturated heterocycles. The Balaban J connectivity index is 1.95. The third-order valence-corrected chi connectivity index (χ3v) is 4.30. The summed E-state index contributed by atoms with van der Waals surface area (Å²) in [6.45, 7) is 2.38. The van der Waals surface area contributed by atoms with E-state index in [1.165, 1.54) is 0 Å². The molecule has 0 heterocycles. The number of carboxylic acid groups (broad SMARTS) is 1. The van der Waals surface area contributed by atoms with Crippen LogP contribution in [-0.4, -0.2) is 68.4 Å². The van der Waals surface area contributed by atoms with Gasteiger partial charge in [-0.25, -0.2) is 0 Å². The van der Waals surface area contributed by atoms with E-state index in [1.807, 2.05) is 49.3 Å². The highest BCUT2D eigenvalue weighted by Crippen LogP contribution is 2.08. The maximum absolute atomic E-state index is 12.0. The smallest absolute Gasteiger partial charge is 0.305 e. The predicted octanol–water partition coefficient (Wildman–Crippen LogP) is 2.94. The van der Waals surface area contributed by atoms with Crippen molar-refractivity contribution in [2.45, 2.75) is 51.0 Å². The molecule has 0 aliphatic carbocycles. The molecule has 0 aliphatic rings. The van der Waals surface area contributed by atoms with Crippen molar-refractivity contribution < 1.29 is 24.2 Å². The highest BCUT2D eigenvalue weighted by Gasteiger charge is 2.16. The van der Waals surface area contributed by atoms with Gasteiger partial charge >= 0.3 is 5.97 Å². The summed E-state index contributed by atoms with van der Waals surface area (Å²) in [6, 6.07) is 9.34. The molecule has 2 N–H and O–H groups in total. The zero-order chi connectivity index (χ0) is 21.3. The number of nitrogens with zero attached hydrogens (tertiary/aromatic N) is 1. The summed E-state index contributed by atoms with van der Waals surface area (Å²) in [5.41, 5.74) is 0. The van der Waals surface area contributed by atoms with Crippen LogP contribution in [0.5, 0.6) is 5.75 Å². The summed E-state index contributed by atoms with van der Waals surface area (Å²) in [5.74, 6) is -0.109. The predicted molar refractivity (Wildman–Crippen MR) is 113 cm³/mol. The Morgan fingerprint density at radius 2 is 1.69 bits per heavy atom. The summed E-state index contributed by atoms with van der Waals surface area (Å²) >= 11 is 0. The molecule has 0 bridgehead atoms. The van der Waals surface area contributed by atoms with Gasteiger partial charge in [0.15, 0.2) is 0 Å². The molecule has 0 aliphatic heterocycles. The summed E-state index contributed by atoms with van der Waals surface area (Å²) in [5, 5.41) is 11.8. The zero-order valence-electron chi connectivity index (χ0n) is 17.8. The van der Waals surface area contributed by atoms with Crippen LogP contribution in [0.25, 0.3) is 0 Å². The van der Waals surface area contributed by atoms with Gasteiger partial charge < -0.3 is 24.8 Å². The van der Waals surface area contributed by atoms with Gasteiger partial charge in [-0.15, -0.1) is 0 Å². The first kappa shape index (κ1) is 24.9. The molecule has 164 valence electrons. The lowest BCUT2D eigenvalue weighted by Gasteiger charge is -2.20. The van der Waals surface area contributed by atoms with Gasteiger partial charge in [-0.1, -0.05) is 37.5 Å². The first-order valence-corrected chi connectivity index (χ1v) is 10.4. The zero-order valence-corrected chi connectivity index (χ0v) is 17.8. The molecule has 1 aromatic carbocycles. The van der Waals surface area contributed by atoms with Gasteiger partial charge in [0.2, 0.25) is 5.91 Å². The van der Waals surface area contributed by atoms with Gasteiger partial charge in [0, 0.05) is 19.6 Å². The number of ether oxygens (including phenoxy) is 2. The number of hydrogen-bond donors (Lipinski definition) is 2. The van der Waals surface area contributed by atoms with Crippen LogP contribution >= 0.6 is 0 Å². The van der Waals surface area contributed by atoms with E-state index in [1.54, 1.807) is 0 Å². The van der Waals surface area contributed by atoms with Crippen molar-refractivity contribution in [3.05, 3.63) is 30.3 Å². The Hall–Kier alpha value is -2.12. The molecule has 29 heavy (non-hydrogen) atoms. The van der Waals surface area contributed by atoms with E-state index in [2.05, 4.69) is 5.32 Å². The molecular formula is C22H36N2O5. The number of hydrogen-bond acceptors (Lipinski definition) is 5. The fourth-order valence-electron chi connectivity index (χ4n) is 2.97. The number of benzene rings is 1. The number of nitrogens with one attached hydrogen (secondary N) is 1. The number of carbonyl (C=O) groups excluding carboxylic acids is 1. The quantitative estimate of drug-likeness (QED) is 0.385. The average Bonchev–Trinajstić information content (AvgIpc) is 2.65. The minimum atomic E-state index is -0.897. The number of carbonyl (C=O) groups is 2. The third kappa shape index (κ3) is 14.5. The summed E-state index contributed by atoms with van der Waals surface area (Å²) in [4.78, 5) is 24.8. The van der Waals surface area contributed by atoms with E-state index < -0.39 is 5.97 Å². The van der Waals surface area contributed by atoms with Crippen LogP contribution in [-0.2, 0) is 14.3 Å². The number of unbranched alkanes of at least 4 members (excludes halogenated alkanes) is 4. The van der Waals surface area contributed by atoms with Crippen LogP contribution in [0, 0.1) is 0 Å². The van der Waals surface area contributed by atoms with Crippen LogP contribution in [0.2, 0.25) is 0 Å². The Bertz CT molecular complexity index is 566. The van der Waals surface area contributed by atoms with Crippen LogP contribution in [0.4, 0.5) is 0 Å². The number of rotatable bonds is 17. The molecule has 1 atom stereocenters. The number of carboxylic acids is 1. The second-order valence-corrected chi connectivity index (χ2v) is 7.42. The first-order valence-electron chi connectivity index (χ1n) is 10.4.